The van der Waals surface area contributed by atoms with Crippen LogP contribution < -0.4 is 4.90 Å². The summed E-state index contributed by atoms with van der Waals surface area (Å²) in [7, 11) is 0. The van der Waals surface area contributed by atoms with Crippen LogP contribution in [0.15, 0.2) is 53.2 Å². The highest BCUT2D eigenvalue weighted by atomic mass is 16.5. The summed E-state index contributed by atoms with van der Waals surface area (Å²) in [5.41, 5.74) is 1.77. The van der Waals surface area contributed by atoms with Gasteiger partial charge in [-0.25, -0.2) is 4.98 Å². The van der Waals surface area contributed by atoms with E-state index in [-0.39, 0.29) is 6.10 Å². The van der Waals surface area contributed by atoms with Crippen LogP contribution in [0.25, 0.3) is 22.8 Å². The number of hydrogen-bond acceptors (Lipinski definition) is 6. The van der Waals surface area contributed by atoms with E-state index in [0.717, 1.165) is 42.9 Å². The van der Waals surface area contributed by atoms with Crippen molar-refractivity contribution in [3.05, 3.63) is 48.7 Å². The first-order chi connectivity index (χ1) is 11.8. The van der Waals surface area contributed by atoms with E-state index in [2.05, 4.69) is 20.0 Å². The first-order valence-electron chi connectivity index (χ1n) is 8.08. The van der Waals surface area contributed by atoms with Crippen molar-refractivity contribution >= 4 is 5.82 Å². The molecule has 0 saturated carbocycles. The predicted molar refractivity (Wildman–Crippen MR) is 90.4 cm³/mol. The Morgan fingerprint density at radius 1 is 1.04 bits per heavy atom. The maximum absolute atomic E-state index is 9.64. The molecular weight excluding hydrogens is 304 g/mol. The minimum Gasteiger partial charge on any atom is -0.393 e. The fourth-order valence-corrected chi connectivity index (χ4v) is 2.86. The van der Waals surface area contributed by atoms with Crippen LogP contribution in [0, 0.1) is 0 Å². The van der Waals surface area contributed by atoms with E-state index >= 15 is 0 Å². The van der Waals surface area contributed by atoms with Crippen molar-refractivity contribution in [2.75, 3.05) is 18.0 Å². The number of nitrogens with zero attached hydrogens (tertiary/aromatic N) is 4. The number of pyridine rings is 1. The maximum atomic E-state index is 9.64. The normalized spacial score (nSPS) is 15.6. The molecule has 0 radical (unpaired) electrons. The molecule has 1 N–H and O–H groups in total. The van der Waals surface area contributed by atoms with Gasteiger partial charge in [-0.1, -0.05) is 35.5 Å². The summed E-state index contributed by atoms with van der Waals surface area (Å²) in [4.78, 5) is 11.1. The third-order valence-electron chi connectivity index (χ3n) is 4.24. The first-order valence-corrected chi connectivity index (χ1v) is 8.08. The molecule has 1 aliphatic rings. The lowest BCUT2D eigenvalue weighted by Crippen LogP contribution is -2.36. The molecule has 6 nitrogen and oxygen atoms in total. The van der Waals surface area contributed by atoms with Gasteiger partial charge < -0.3 is 14.5 Å². The molecule has 0 unspecified atom stereocenters. The Kier molecular flexibility index (Phi) is 3.96. The molecular formula is C18H18N4O2. The van der Waals surface area contributed by atoms with Gasteiger partial charge in [-0.2, -0.15) is 4.98 Å². The molecule has 0 atom stereocenters. The van der Waals surface area contributed by atoms with E-state index in [1.54, 1.807) is 6.20 Å². The second-order valence-corrected chi connectivity index (χ2v) is 5.91. The highest BCUT2D eigenvalue weighted by Gasteiger charge is 2.19. The molecule has 0 aliphatic carbocycles. The summed E-state index contributed by atoms with van der Waals surface area (Å²) >= 11 is 0. The van der Waals surface area contributed by atoms with Gasteiger partial charge in [-0.3, -0.25) is 0 Å². The SMILES string of the molecule is OC1CCN(c2cc(-c3nc(-c4ccccc4)no3)ccn2)CC1. The van der Waals surface area contributed by atoms with Gasteiger partial charge in [0.05, 0.1) is 6.10 Å². The minimum absolute atomic E-state index is 0.200. The molecule has 122 valence electrons. The van der Waals surface area contributed by atoms with Crippen LogP contribution in [0.4, 0.5) is 5.82 Å². The van der Waals surface area contributed by atoms with Crippen molar-refractivity contribution in [1.82, 2.24) is 15.1 Å². The van der Waals surface area contributed by atoms with E-state index in [0.29, 0.717) is 11.7 Å². The number of benzene rings is 1. The van der Waals surface area contributed by atoms with E-state index in [1.165, 1.54) is 0 Å². The Hall–Kier alpha value is -2.73. The molecule has 1 aromatic carbocycles. The van der Waals surface area contributed by atoms with Crippen LogP contribution in [-0.4, -0.2) is 39.4 Å². The van der Waals surface area contributed by atoms with Gasteiger partial charge in [-0.15, -0.1) is 0 Å². The van der Waals surface area contributed by atoms with Crippen molar-refractivity contribution in [2.24, 2.45) is 0 Å². The Labute approximate surface area is 139 Å². The Balaban J connectivity index is 1.59. The van der Waals surface area contributed by atoms with Crippen LogP contribution in [0.1, 0.15) is 12.8 Å². The average Bonchev–Trinajstić information content (AvgIpc) is 3.13. The van der Waals surface area contributed by atoms with Crippen LogP contribution in [0.2, 0.25) is 0 Å². The Bertz CT molecular complexity index is 811. The Morgan fingerprint density at radius 3 is 2.62 bits per heavy atom. The monoisotopic (exact) mass is 322 g/mol. The van der Waals surface area contributed by atoms with Crippen molar-refractivity contribution in [3.63, 3.8) is 0 Å². The molecule has 0 bridgehead atoms. The molecule has 0 amide bonds. The summed E-state index contributed by atoms with van der Waals surface area (Å²) in [6.07, 6.45) is 3.09. The highest BCUT2D eigenvalue weighted by molar-refractivity contribution is 5.62. The van der Waals surface area contributed by atoms with E-state index in [4.69, 9.17) is 4.52 Å². The zero-order valence-corrected chi connectivity index (χ0v) is 13.2. The number of aliphatic hydroxyl groups excluding tert-OH is 1. The number of aromatic nitrogens is 3. The van der Waals surface area contributed by atoms with Crippen molar-refractivity contribution in [2.45, 2.75) is 18.9 Å². The van der Waals surface area contributed by atoms with Gasteiger partial charge in [0.15, 0.2) is 0 Å². The van der Waals surface area contributed by atoms with Gasteiger partial charge >= 0.3 is 0 Å². The third kappa shape index (κ3) is 3.00. The second kappa shape index (κ2) is 6.41. The smallest absolute Gasteiger partial charge is 0.258 e. The predicted octanol–water partition coefficient (Wildman–Crippen LogP) is 2.76. The van der Waals surface area contributed by atoms with Crippen molar-refractivity contribution < 1.29 is 9.63 Å². The standard InChI is InChI=1S/C18H18N4O2/c23-15-7-10-22(11-8-15)16-12-14(6-9-19-16)18-20-17(21-24-18)13-4-2-1-3-5-13/h1-6,9,12,15,23H,7-8,10-11H2. The fourth-order valence-electron chi connectivity index (χ4n) is 2.86. The largest absolute Gasteiger partial charge is 0.393 e. The van der Waals surface area contributed by atoms with Crippen molar-refractivity contribution in [3.8, 4) is 22.8 Å². The summed E-state index contributed by atoms with van der Waals surface area (Å²) in [5.74, 6) is 1.93. The van der Waals surface area contributed by atoms with E-state index in [9.17, 15) is 5.11 Å². The molecule has 1 aliphatic heterocycles. The molecule has 6 heteroatoms. The van der Waals surface area contributed by atoms with Gasteiger partial charge in [0.1, 0.15) is 5.82 Å². The first kappa shape index (κ1) is 14.8. The zero-order valence-electron chi connectivity index (χ0n) is 13.2. The molecule has 1 saturated heterocycles. The topological polar surface area (TPSA) is 75.3 Å². The van der Waals surface area contributed by atoms with E-state index < -0.39 is 0 Å². The van der Waals surface area contributed by atoms with Crippen LogP contribution in [0.5, 0.6) is 0 Å². The van der Waals surface area contributed by atoms with Gasteiger partial charge in [0.2, 0.25) is 5.82 Å². The lowest BCUT2D eigenvalue weighted by atomic mass is 10.1. The number of piperidine rings is 1. The fraction of sp³-hybridized carbons (Fsp3) is 0.278. The molecule has 24 heavy (non-hydrogen) atoms. The summed E-state index contributed by atoms with van der Waals surface area (Å²) in [6, 6.07) is 13.6. The highest BCUT2D eigenvalue weighted by Crippen LogP contribution is 2.25. The lowest BCUT2D eigenvalue weighted by Gasteiger charge is -2.30. The van der Waals surface area contributed by atoms with E-state index in [1.807, 2.05) is 42.5 Å². The molecule has 0 spiro atoms. The minimum atomic E-state index is -0.200. The summed E-state index contributed by atoms with van der Waals surface area (Å²) in [5, 5.41) is 13.7. The molecule has 3 heterocycles. The quantitative estimate of drug-likeness (QED) is 0.799. The van der Waals surface area contributed by atoms with Crippen LogP contribution in [0.3, 0.4) is 0 Å². The molecule has 2 aromatic heterocycles. The zero-order chi connectivity index (χ0) is 16.4. The van der Waals surface area contributed by atoms with Gasteiger partial charge in [0, 0.05) is 30.4 Å². The van der Waals surface area contributed by atoms with Crippen molar-refractivity contribution in [1.29, 1.82) is 0 Å². The van der Waals surface area contributed by atoms with Gasteiger partial charge in [0.25, 0.3) is 5.89 Å². The third-order valence-corrected chi connectivity index (χ3v) is 4.24. The van der Waals surface area contributed by atoms with Gasteiger partial charge in [-0.05, 0) is 25.0 Å². The number of hydrogen-bond donors (Lipinski definition) is 1. The second-order valence-electron chi connectivity index (χ2n) is 5.91. The molecule has 3 aromatic rings. The average molecular weight is 322 g/mol. The maximum Gasteiger partial charge on any atom is 0.258 e. The number of rotatable bonds is 3. The molecule has 1 fully saturated rings. The summed E-state index contributed by atoms with van der Waals surface area (Å²) in [6.45, 7) is 1.60. The summed E-state index contributed by atoms with van der Waals surface area (Å²) < 4.78 is 5.42. The molecule has 4 rings (SSSR count). The Morgan fingerprint density at radius 2 is 1.83 bits per heavy atom. The van der Waals surface area contributed by atoms with Crippen LogP contribution in [-0.2, 0) is 0 Å². The number of aliphatic hydroxyl groups is 1. The van der Waals surface area contributed by atoms with Crippen LogP contribution >= 0.6 is 0 Å². The lowest BCUT2D eigenvalue weighted by molar-refractivity contribution is 0.145. The number of anilines is 1.